The Bertz CT molecular complexity index is 646. The molecule has 1 aromatic carbocycles. The SMILES string of the molecule is CCCCN(C)Cc1cnn(C)c1-c1cccc(OC2CC2)c1. The third-order valence-corrected chi connectivity index (χ3v) is 4.28. The number of ether oxygens (including phenoxy) is 1. The first-order valence-electron chi connectivity index (χ1n) is 8.64. The van der Waals surface area contributed by atoms with Crippen LogP contribution in [0.1, 0.15) is 38.2 Å². The number of hydrogen-bond donors (Lipinski definition) is 0. The molecule has 0 saturated heterocycles. The Balaban J connectivity index is 1.80. The molecule has 1 aromatic heterocycles. The van der Waals surface area contributed by atoms with Crippen LogP contribution in [0.15, 0.2) is 30.5 Å². The van der Waals surface area contributed by atoms with Crippen molar-refractivity contribution >= 4 is 0 Å². The topological polar surface area (TPSA) is 30.3 Å². The van der Waals surface area contributed by atoms with Crippen molar-refractivity contribution in [2.45, 2.75) is 45.3 Å². The highest BCUT2D eigenvalue weighted by molar-refractivity contribution is 5.65. The largest absolute Gasteiger partial charge is 0.490 e. The fraction of sp³-hybridized carbons (Fsp3) is 0.526. The van der Waals surface area contributed by atoms with E-state index in [1.165, 1.54) is 42.5 Å². The van der Waals surface area contributed by atoms with Crippen molar-refractivity contribution in [3.63, 3.8) is 0 Å². The summed E-state index contributed by atoms with van der Waals surface area (Å²) in [4.78, 5) is 2.37. The van der Waals surface area contributed by atoms with Crippen LogP contribution < -0.4 is 4.74 Å². The molecular formula is C19H27N3O. The van der Waals surface area contributed by atoms with E-state index in [9.17, 15) is 0 Å². The summed E-state index contributed by atoms with van der Waals surface area (Å²) in [7, 11) is 4.19. The van der Waals surface area contributed by atoms with E-state index in [1.807, 2.05) is 24.0 Å². The maximum atomic E-state index is 5.94. The number of unbranched alkanes of at least 4 members (excludes halogenated alkanes) is 1. The summed E-state index contributed by atoms with van der Waals surface area (Å²) >= 11 is 0. The molecule has 2 aromatic rings. The normalized spacial score (nSPS) is 14.4. The lowest BCUT2D eigenvalue weighted by atomic mass is 10.1. The van der Waals surface area contributed by atoms with Crippen LogP contribution in [0.4, 0.5) is 0 Å². The first-order chi connectivity index (χ1) is 11.2. The van der Waals surface area contributed by atoms with Gasteiger partial charge in [-0.15, -0.1) is 0 Å². The van der Waals surface area contributed by atoms with Gasteiger partial charge in [0.15, 0.2) is 0 Å². The first kappa shape index (κ1) is 16.1. The van der Waals surface area contributed by atoms with Crippen LogP contribution in [0.25, 0.3) is 11.3 Å². The van der Waals surface area contributed by atoms with Crippen molar-refractivity contribution in [2.24, 2.45) is 7.05 Å². The Morgan fingerprint density at radius 2 is 2.17 bits per heavy atom. The van der Waals surface area contributed by atoms with Gasteiger partial charge in [0.05, 0.1) is 18.0 Å². The molecule has 0 radical (unpaired) electrons. The summed E-state index contributed by atoms with van der Waals surface area (Å²) in [6.07, 6.45) is 7.25. The minimum Gasteiger partial charge on any atom is -0.490 e. The Morgan fingerprint density at radius 1 is 1.35 bits per heavy atom. The summed E-state index contributed by atoms with van der Waals surface area (Å²) < 4.78 is 7.91. The lowest BCUT2D eigenvalue weighted by molar-refractivity contribution is 0.303. The predicted octanol–water partition coefficient (Wildman–Crippen LogP) is 3.86. The zero-order valence-corrected chi connectivity index (χ0v) is 14.5. The average molecular weight is 313 g/mol. The van der Waals surface area contributed by atoms with E-state index >= 15 is 0 Å². The van der Waals surface area contributed by atoms with Crippen LogP contribution in [0.3, 0.4) is 0 Å². The van der Waals surface area contributed by atoms with E-state index < -0.39 is 0 Å². The molecule has 0 unspecified atom stereocenters. The third kappa shape index (κ3) is 4.14. The molecule has 0 amide bonds. The Morgan fingerprint density at radius 3 is 2.91 bits per heavy atom. The van der Waals surface area contributed by atoms with Gasteiger partial charge in [0.1, 0.15) is 5.75 Å². The standard InChI is InChI=1S/C19H27N3O/c1-4-5-11-21(2)14-16-13-20-22(3)19(16)15-7-6-8-18(12-15)23-17-9-10-17/h6-8,12-13,17H,4-5,9-11,14H2,1-3H3. The molecule has 0 bridgehead atoms. The summed E-state index contributed by atoms with van der Waals surface area (Å²) in [5.74, 6) is 0.969. The highest BCUT2D eigenvalue weighted by atomic mass is 16.5. The van der Waals surface area contributed by atoms with Gasteiger partial charge in [-0.05, 0) is 45.0 Å². The van der Waals surface area contributed by atoms with Gasteiger partial charge >= 0.3 is 0 Å². The molecule has 0 spiro atoms. The molecule has 1 aliphatic rings. The van der Waals surface area contributed by atoms with Crippen molar-refractivity contribution < 1.29 is 4.74 Å². The van der Waals surface area contributed by atoms with Gasteiger partial charge in [0.2, 0.25) is 0 Å². The highest BCUT2D eigenvalue weighted by Crippen LogP contribution is 2.31. The van der Waals surface area contributed by atoms with Crippen molar-refractivity contribution in [1.82, 2.24) is 14.7 Å². The molecule has 1 saturated carbocycles. The maximum Gasteiger partial charge on any atom is 0.120 e. The molecular weight excluding hydrogens is 286 g/mol. The van der Waals surface area contributed by atoms with Crippen molar-refractivity contribution in [3.8, 4) is 17.0 Å². The van der Waals surface area contributed by atoms with E-state index in [1.54, 1.807) is 0 Å². The van der Waals surface area contributed by atoms with Crippen LogP contribution in [0, 0.1) is 0 Å². The van der Waals surface area contributed by atoms with E-state index in [-0.39, 0.29) is 0 Å². The van der Waals surface area contributed by atoms with E-state index in [0.717, 1.165) is 18.8 Å². The fourth-order valence-electron chi connectivity index (χ4n) is 2.86. The quantitative estimate of drug-likeness (QED) is 0.741. The molecule has 1 aliphatic carbocycles. The molecule has 23 heavy (non-hydrogen) atoms. The van der Waals surface area contributed by atoms with Crippen LogP contribution in [0.5, 0.6) is 5.75 Å². The van der Waals surface area contributed by atoms with Gasteiger partial charge in [-0.2, -0.15) is 5.10 Å². The van der Waals surface area contributed by atoms with E-state index in [2.05, 4.69) is 42.2 Å². The monoisotopic (exact) mass is 313 g/mol. The highest BCUT2D eigenvalue weighted by Gasteiger charge is 2.23. The molecule has 1 fully saturated rings. The van der Waals surface area contributed by atoms with Gasteiger partial charge < -0.3 is 9.64 Å². The van der Waals surface area contributed by atoms with Gasteiger partial charge in [-0.3, -0.25) is 4.68 Å². The van der Waals surface area contributed by atoms with E-state index in [4.69, 9.17) is 4.74 Å². The summed E-state index contributed by atoms with van der Waals surface area (Å²) in [5, 5.41) is 4.48. The molecule has 124 valence electrons. The number of hydrogen-bond acceptors (Lipinski definition) is 3. The average Bonchev–Trinajstić information content (AvgIpc) is 3.28. The second-order valence-electron chi connectivity index (χ2n) is 6.58. The number of nitrogens with zero attached hydrogens (tertiary/aromatic N) is 3. The Hall–Kier alpha value is -1.81. The van der Waals surface area contributed by atoms with Crippen LogP contribution >= 0.6 is 0 Å². The van der Waals surface area contributed by atoms with Gasteiger partial charge in [-0.25, -0.2) is 0 Å². The number of aromatic nitrogens is 2. The summed E-state index contributed by atoms with van der Waals surface area (Å²) in [6.45, 7) is 4.28. The van der Waals surface area contributed by atoms with Gasteiger partial charge in [0.25, 0.3) is 0 Å². The molecule has 0 N–H and O–H groups in total. The maximum absolute atomic E-state index is 5.94. The van der Waals surface area contributed by atoms with Gasteiger partial charge in [-0.1, -0.05) is 25.5 Å². The minimum atomic E-state index is 0.427. The van der Waals surface area contributed by atoms with Crippen LogP contribution in [-0.4, -0.2) is 34.4 Å². The molecule has 4 heteroatoms. The Labute approximate surface area is 139 Å². The number of rotatable bonds is 8. The smallest absolute Gasteiger partial charge is 0.120 e. The van der Waals surface area contributed by atoms with E-state index in [0.29, 0.717) is 6.10 Å². The number of aryl methyl sites for hydroxylation is 1. The molecule has 4 nitrogen and oxygen atoms in total. The van der Waals surface area contributed by atoms with Crippen LogP contribution in [0.2, 0.25) is 0 Å². The first-order valence-corrected chi connectivity index (χ1v) is 8.64. The van der Waals surface area contributed by atoms with Crippen molar-refractivity contribution in [1.29, 1.82) is 0 Å². The lowest BCUT2D eigenvalue weighted by Gasteiger charge is -2.17. The second-order valence-corrected chi connectivity index (χ2v) is 6.58. The fourth-order valence-corrected chi connectivity index (χ4v) is 2.86. The van der Waals surface area contributed by atoms with Crippen LogP contribution in [-0.2, 0) is 13.6 Å². The summed E-state index contributed by atoms with van der Waals surface area (Å²) in [6, 6.07) is 8.41. The molecule has 1 heterocycles. The summed E-state index contributed by atoms with van der Waals surface area (Å²) in [5.41, 5.74) is 3.64. The predicted molar refractivity (Wildman–Crippen MR) is 93.5 cm³/mol. The molecule has 0 aliphatic heterocycles. The molecule has 3 rings (SSSR count). The second kappa shape index (κ2) is 7.18. The third-order valence-electron chi connectivity index (χ3n) is 4.28. The van der Waals surface area contributed by atoms with Crippen molar-refractivity contribution in [3.05, 3.63) is 36.0 Å². The minimum absolute atomic E-state index is 0.427. The Kier molecular flexibility index (Phi) is 5.01. The number of benzene rings is 1. The lowest BCUT2D eigenvalue weighted by Crippen LogP contribution is -2.19. The zero-order chi connectivity index (χ0) is 16.2. The zero-order valence-electron chi connectivity index (χ0n) is 14.5. The van der Waals surface area contributed by atoms with Crippen molar-refractivity contribution in [2.75, 3.05) is 13.6 Å². The van der Waals surface area contributed by atoms with Gasteiger partial charge in [0, 0.05) is 24.7 Å². The molecule has 0 atom stereocenters.